The molecule has 2 rings (SSSR count). The standard InChI is InChI=1S/C12H21N3/c1-8-4-5-10(13)6-11(8)12-7-15(3)14-9(12)2/h7-8,10-11H,4-6,13H2,1-3H3. The number of nitrogens with two attached hydrogens (primary N) is 1. The number of aryl methyl sites for hydroxylation is 2. The van der Waals surface area contributed by atoms with Crippen molar-refractivity contribution in [2.75, 3.05) is 0 Å². The van der Waals surface area contributed by atoms with E-state index < -0.39 is 0 Å². The zero-order chi connectivity index (χ0) is 11.0. The largest absolute Gasteiger partial charge is 0.328 e. The number of nitrogens with zero attached hydrogens (tertiary/aromatic N) is 2. The van der Waals surface area contributed by atoms with Gasteiger partial charge in [0.15, 0.2) is 0 Å². The lowest BCUT2D eigenvalue weighted by molar-refractivity contribution is 0.299. The third-order valence-corrected chi connectivity index (χ3v) is 3.69. The molecule has 0 aromatic carbocycles. The summed E-state index contributed by atoms with van der Waals surface area (Å²) in [5, 5.41) is 4.42. The van der Waals surface area contributed by atoms with Crippen LogP contribution >= 0.6 is 0 Å². The smallest absolute Gasteiger partial charge is 0.0628 e. The van der Waals surface area contributed by atoms with Gasteiger partial charge in [0.25, 0.3) is 0 Å². The summed E-state index contributed by atoms with van der Waals surface area (Å²) < 4.78 is 1.91. The minimum Gasteiger partial charge on any atom is -0.328 e. The molecule has 1 aliphatic rings. The van der Waals surface area contributed by atoms with E-state index in [1.165, 1.54) is 24.1 Å². The second-order valence-electron chi connectivity index (χ2n) is 5.00. The van der Waals surface area contributed by atoms with Gasteiger partial charge in [0.1, 0.15) is 0 Å². The fourth-order valence-electron chi connectivity index (χ4n) is 2.77. The molecule has 3 nitrogen and oxygen atoms in total. The van der Waals surface area contributed by atoms with E-state index in [9.17, 15) is 0 Å². The van der Waals surface area contributed by atoms with E-state index in [1.54, 1.807) is 0 Å². The van der Waals surface area contributed by atoms with Gasteiger partial charge < -0.3 is 5.73 Å². The Kier molecular flexibility index (Phi) is 2.83. The van der Waals surface area contributed by atoms with Crippen LogP contribution in [0.2, 0.25) is 0 Å². The van der Waals surface area contributed by atoms with Gasteiger partial charge in [0.05, 0.1) is 5.69 Å². The zero-order valence-electron chi connectivity index (χ0n) is 9.90. The first-order chi connectivity index (χ1) is 7.08. The second kappa shape index (κ2) is 3.97. The van der Waals surface area contributed by atoms with Crippen molar-refractivity contribution in [3.05, 3.63) is 17.5 Å². The normalized spacial score (nSPS) is 31.9. The van der Waals surface area contributed by atoms with Gasteiger partial charge in [0.2, 0.25) is 0 Å². The summed E-state index contributed by atoms with van der Waals surface area (Å²) >= 11 is 0. The molecule has 3 heteroatoms. The topological polar surface area (TPSA) is 43.8 Å². The van der Waals surface area contributed by atoms with E-state index in [-0.39, 0.29) is 0 Å². The van der Waals surface area contributed by atoms with Crippen LogP contribution < -0.4 is 5.73 Å². The Labute approximate surface area is 91.7 Å². The van der Waals surface area contributed by atoms with E-state index in [2.05, 4.69) is 25.1 Å². The molecule has 0 aliphatic heterocycles. The van der Waals surface area contributed by atoms with Crippen LogP contribution in [-0.2, 0) is 7.05 Å². The Hall–Kier alpha value is -0.830. The number of hydrogen-bond acceptors (Lipinski definition) is 2. The van der Waals surface area contributed by atoms with Gasteiger partial charge >= 0.3 is 0 Å². The van der Waals surface area contributed by atoms with Crippen LogP contribution in [0, 0.1) is 12.8 Å². The van der Waals surface area contributed by atoms with Gasteiger partial charge in [-0.3, -0.25) is 4.68 Å². The van der Waals surface area contributed by atoms with E-state index in [1.807, 2.05) is 11.7 Å². The summed E-state index contributed by atoms with van der Waals surface area (Å²) in [6.45, 7) is 4.44. The van der Waals surface area contributed by atoms with Crippen LogP contribution in [0.5, 0.6) is 0 Å². The van der Waals surface area contributed by atoms with E-state index in [0.29, 0.717) is 12.0 Å². The molecule has 1 aromatic heterocycles. The summed E-state index contributed by atoms with van der Waals surface area (Å²) in [6, 6.07) is 0.380. The summed E-state index contributed by atoms with van der Waals surface area (Å²) in [6.07, 6.45) is 5.71. The molecule has 0 bridgehead atoms. The molecule has 1 aromatic rings. The predicted molar refractivity (Wildman–Crippen MR) is 61.7 cm³/mol. The SMILES string of the molecule is Cc1nn(C)cc1C1CC(N)CCC1C. The van der Waals surface area contributed by atoms with Crippen molar-refractivity contribution in [2.24, 2.45) is 18.7 Å². The van der Waals surface area contributed by atoms with Crippen LogP contribution in [0.3, 0.4) is 0 Å². The number of hydrogen-bond donors (Lipinski definition) is 1. The maximum absolute atomic E-state index is 6.05. The molecule has 0 saturated heterocycles. The Morgan fingerprint density at radius 3 is 2.80 bits per heavy atom. The van der Waals surface area contributed by atoms with Crippen LogP contribution in [0.15, 0.2) is 6.20 Å². The van der Waals surface area contributed by atoms with Gasteiger partial charge in [-0.1, -0.05) is 6.92 Å². The average Bonchev–Trinajstić information content (AvgIpc) is 2.50. The summed E-state index contributed by atoms with van der Waals surface area (Å²) in [7, 11) is 1.99. The minimum atomic E-state index is 0.380. The molecule has 2 N–H and O–H groups in total. The third kappa shape index (κ3) is 2.07. The Morgan fingerprint density at radius 1 is 1.47 bits per heavy atom. The van der Waals surface area contributed by atoms with Gasteiger partial charge in [-0.05, 0) is 43.6 Å². The third-order valence-electron chi connectivity index (χ3n) is 3.69. The molecule has 3 unspecified atom stereocenters. The molecular weight excluding hydrogens is 186 g/mol. The highest BCUT2D eigenvalue weighted by molar-refractivity contribution is 5.22. The van der Waals surface area contributed by atoms with Crippen molar-refractivity contribution in [1.29, 1.82) is 0 Å². The number of aromatic nitrogens is 2. The van der Waals surface area contributed by atoms with E-state index in [4.69, 9.17) is 5.73 Å². The summed E-state index contributed by atoms with van der Waals surface area (Å²) in [4.78, 5) is 0. The van der Waals surface area contributed by atoms with Crippen molar-refractivity contribution in [2.45, 2.75) is 45.1 Å². The second-order valence-corrected chi connectivity index (χ2v) is 5.00. The maximum Gasteiger partial charge on any atom is 0.0628 e. The molecule has 1 saturated carbocycles. The van der Waals surface area contributed by atoms with E-state index in [0.717, 1.165) is 12.3 Å². The van der Waals surface area contributed by atoms with Gasteiger partial charge in [-0.25, -0.2) is 0 Å². The van der Waals surface area contributed by atoms with Gasteiger partial charge in [-0.15, -0.1) is 0 Å². The van der Waals surface area contributed by atoms with Crippen LogP contribution in [0.25, 0.3) is 0 Å². The molecule has 1 heterocycles. The Morgan fingerprint density at radius 2 is 2.20 bits per heavy atom. The maximum atomic E-state index is 6.05. The van der Waals surface area contributed by atoms with Crippen molar-refractivity contribution in [1.82, 2.24) is 9.78 Å². The molecule has 84 valence electrons. The van der Waals surface area contributed by atoms with Crippen LogP contribution in [0.4, 0.5) is 0 Å². The van der Waals surface area contributed by atoms with Gasteiger partial charge in [-0.2, -0.15) is 5.10 Å². The Bertz CT molecular complexity index is 343. The lowest BCUT2D eigenvalue weighted by Gasteiger charge is -2.32. The predicted octanol–water partition coefficient (Wildman–Crippen LogP) is 1.96. The average molecular weight is 207 g/mol. The fraction of sp³-hybridized carbons (Fsp3) is 0.750. The minimum absolute atomic E-state index is 0.380. The number of rotatable bonds is 1. The zero-order valence-corrected chi connectivity index (χ0v) is 9.90. The van der Waals surface area contributed by atoms with E-state index >= 15 is 0 Å². The molecular formula is C12H21N3. The lowest BCUT2D eigenvalue weighted by atomic mass is 9.75. The monoisotopic (exact) mass is 207 g/mol. The summed E-state index contributed by atoms with van der Waals surface area (Å²) in [5.41, 5.74) is 8.63. The highest BCUT2D eigenvalue weighted by Gasteiger charge is 2.29. The quantitative estimate of drug-likeness (QED) is 0.765. The van der Waals surface area contributed by atoms with Crippen LogP contribution in [0.1, 0.15) is 43.4 Å². The molecule has 1 aliphatic carbocycles. The van der Waals surface area contributed by atoms with Crippen molar-refractivity contribution < 1.29 is 0 Å². The molecule has 15 heavy (non-hydrogen) atoms. The highest BCUT2D eigenvalue weighted by atomic mass is 15.2. The molecule has 0 amide bonds. The molecule has 0 spiro atoms. The first-order valence-electron chi connectivity index (χ1n) is 5.83. The van der Waals surface area contributed by atoms with Gasteiger partial charge in [0, 0.05) is 19.3 Å². The molecule has 3 atom stereocenters. The lowest BCUT2D eigenvalue weighted by Crippen LogP contribution is -2.31. The van der Waals surface area contributed by atoms with Crippen LogP contribution in [-0.4, -0.2) is 15.8 Å². The first kappa shape index (κ1) is 10.7. The fourth-order valence-corrected chi connectivity index (χ4v) is 2.77. The van der Waals surface area contributed by atoms with Crippen molar-refractivity contribution in [3.63, 3.8) is 0 Å². The van der Waals surface area contributed by atoms with Crippen molar-refractivity contribution >= 4 is 0 Å². The first-order valence-corrected chi connectivity index (χ1v) is 5.83. The molecule has 1 fully saturated rings. The summed E-state index contributed by atoms with van der Waals surface area (Å²) in [5.74, 6) is 1.36. The van der Waals surface area contributed by atoms with Crippen molar-refractivity contribution in [3.8, 4) is 0 Å². The Balaban J connectivity index is 2.24. The molecule has 0 radical (unpaired) electrons. The highest BCUT2D eigenvalue weighted by Crippen LogP contribution is 2.37.